The van der Waals surface area contributed by atoms with Crippen LogP contribution in [0.25, 0.3) is 10.9 Å². The molecule has 0 aliphatic rings. The summed E-state index contributed by atoms with van der Waals surface area (Å²) in [4.78, 5) is 11.3. The molecule has 30 heavy (non-hydrogen) atoms. The molecule has 0 spiro atoms. The van der Waals surface area contributed by atoms with Gasteiger partial charge in [-0.3, -0.25) is 4.79 Å². The monoisotopic (exact) mass is 416 g/mol. The van der Waals surface area contributed by atoms with E-state index in [-0.39, 0.29) is 17.8 Å². The van der Waals surface area contributed by atoms with E-state index in [1.165, 1.54) is 19.2 Å². The zero-order valence-corrected chi connectivity index (χ0v) is 16.0. The first kappa shape index (κ1) is 20.9. The number of nitrogens with zero attached hydrogens (tertiary/aromatic N) is 1. The number of amides is 1. The fraction of sp³-hybridized carbons (Fsp3) is 0.190. The average molecular weight is 416 g/mol. The number of ether oxygens (including phenoxy) is 1. The Hall–Kier alpha value is -3.80. The lowest BCUT2D eigenvalue weighted by atomic mass is 10.2. The largest absolute Gasteiger partial charge is 0.495 e. The van der Waals surface area contributed by atoms with Crippen molar-refractivity contribution in [2.24, 2.45) is 5.73 Å². The zero-order chi connectivity index (χ0) is 21.9. The number of hydrogen-bond donors (Lipinski definition) is 3. The summed E-state index contributed by atoms with van der Waals surface area (Å²) in [5.74, 6) is 5.39. The van der Waals surface area contributed by atoms with Crippen molar-refractivity contribution in [1.82, 2.24) is 4.57 Å². The minimum Gasteiger partial charge on any atom is -0.495 e. The predicted molar refractivity (Wildman–Crippen MR) is 109 cm³/mol. The Bertz CT molecular complexity index is 1160. The van der Waals surface area contributed by atoms with E-state index in [0.717, 1.165) is 4.57 Å². The molecule has 0 bridgehead atoms. The second-order valence-corrected chi connectivity index (χ2v) is 6.45. The third-order valence-corrected chi connectivity index (χ3v) is 4.39. The molecular formula is C21H19F3N4O2. The zero-order valence-electron chi connectivity index (χ0n) is 16.0. The highest BCUT2D eigenvalue weighted by atomic mass is 19.4. The maximum absolute atomic E-state index is 13.1. The number of methoxy groups -OCH3 is 1. The highest BCUT2D eigenvalue weighted by Gasteiger charge is 2.29. The van der Waals surface area contributed by atoms with Crippen molar-refractivity contribution in [2.45, 2.75) is 12.7 Å². The highest BCUT2D eigenvalue weighted by Crippen LogP contribution is 2.29. The van der Waals surface area contributed by atoms with Gasteiger partial charge in [0.25, 0.3) is 0 Å². The maximum Gasteiger partial charge on any atom is 0.406 e. The molecule has 5 N–H and O–H groups in total. The van der Waals surface area contributed by atoms with Gasteiger partial charge in [0.1, 0.15) is 12.3 Å². The summed E-state index contributed by atoms with van der Waals surface area (Å²) in [5.41, 5.74) is 13.0. The summed E-state index contributed by atoms with van der Waals surface area (Å²) < 4.78 is 45.5. The quantitative estimate of drug-likeness (QED) is 0.439. The summed E-state index contributed by atoms with van der Waals surface area (Å²) in [6.45, 7) is -1.03. The minimum absolute atomic E-state index is 0.134. The van der Waals surface area contributed by atoms with Crippen molar-refractivity contribution in [1.29, 1.82) is 0 Å². The van der Waals surface area contributed by atoms with Crippen molar-refractivity contribution in [3.63, 3.8) is 0 Å². The smallest absolute Gasteiger partial charge is 0.406 e. The van der Waals surface area contributed by atoms with E-state index in [4.69, 9.17) is 16.2 Å². The Labute approximate surface area is 170 Å². The summed E-state index contributed by atoms with van der Waals surface area (Å²) in [7, 11) is 1.44. The number of hydrogen-bond acceptors (Lipinski definition) is 4. The van der Waals surface area contributed by atoms with E-state index in [2.05, 4.69) is 17.2 Å². The fourth-order valence-corrected chi connectivity index (χ4v) is 3.03. The Morgan fingerprint density at radius 2 is 2.00 bits per heavy atom. The molecule has 0 aliphatic heterocycles. The number of benzene rings is 2. The summed E-state index contributed by atoms with van der Waals surface area (Å²) in [6, 6.07) is 11.0. The van der Waals surface area contributed by atoms with Crippen LogP contribution in [0.3, 0.4) is 0 Å². The molecule has 3 aromatic rings. The summed E-state index contributed by atoms with van der Waals surface area (Å²) >= 11 is 0. The Kier molecular flexibility index (Phi) is 5.78. The molecule has 0 saturated heterocycles. The number of aromatic nitrogens is 1. The number of primary amides is 1. The standard InChI is InChI=1S/C21H19F3N4O2/c1-30-19-10-13(20(26)29)7-8-17(19)27-9-3-4-14-11-15-16(25)5-2-6-18(15)28(14)12-21(22,23)24/h2,5-8,10-11,27H,9,12,25H2,1H3,(H2,26,29). The highest BCUT2D eigenvalue weighted by molar-refractivity contribution is 5.94. The number of nitrogens with one attached hydrogen (secondary N) is 1. The fourth-order valence-electron chi connectivity index (χ4n) is 3.03. The van der Waals surface area contributed by atoms with Gasteiger partial charge in [-0.25, -0.2) is 0 Å². The van der Waals surface area contributed by atoms with Crippen molar-refractivity contribution >= 4 is 28.2 Å². The first-order valence-electron chi connectivity index (χ1n) is 8.84. The van der Waals surface area contributed by atoms with E-state index in [9.17, 15) is 18.0 Å². The second kappa shape index (κ2) is 8.29. The van der Waals surface area contributed by atoms with Gasteiger partial charge in [0.2, 0.25) is 5.91 Å². The van der Waals surface area contributed by atoms with E-state index in [0.29, 0.717) is 28.0 Å². The third-order valence-electron chi connectivity index (χ3n) is 4.39. The number of carbonyl (C=O) groups excluding carboxylic acids is 1. The summed E-state index contributed by atoms with van der Waals surface area (Å²) in [6.07, 6.45) is -4.40. The van der Waals surface area contributed by atoms with Crippen molar-refractivity contribution in [3.8, 4) is 17.6 Å². The molecule has 0 saturated carbocycles. The van der Waals surface area contributed by atoms with Gasteiger partial charge < -0.3 is 26.1 Å². The van der Waals surface area contributed by atoms with Gasteiger partial charge in [-0.2, -0.15) is 13.2 Å². The van der Waals surface area contributed by atoms with Gasteiger partial charge >= 0.3 is 6.18 Å². The van der Waals surface area contributed by atoms with Gasteiger partial charge in [0.15, 0.2) is 0 Å². The molecule has 9 heteroatoms. The molecule has 1 amide bonds. The second-order valence-electron chi connectivity index (χ2n) is 6.45. The normalized spacial score (nSPS) is 11.1. The van der Waals surface area contributed by atoms with E-state index >= 15 is 0 Å². The Balaban J connectivity index is 1.85. The van der Waals surface area contributed by atoms with E-state index in [1.54, 1.807) is 30.3 Å². The van der Waals surface area contributed by atoms with Crippen molar-refractivity contribution in [2.75, 3.05) is 24.7 Å². The van der Waals surface area contributed by atoms with Gasteiger partial charge in [-0.15, -0.1) is 0 Å². The molecule has 156 valence electrons. The van der Waals surface area contributed by atoms with Crippen molar-refractivity contribution in [3.05, 3.63) is 53.7 Å². The van der Waals surface area contributed by atoms with E-state index < -0.39 is 18.6 Å². The lowest BCUT2D eigenvalue weighted by Crippen LogP contribution is -2.18. The van der Waals surface area contributed by atoms with Crippen LogP contribution in [0.1, 0.15) is 16.1 Å². The molecule has 2 aromatic carbocycles. The van der Waals surface area contributed by atoms with Gasteiger partial charge in [0, 0.05) is 16.6 Å². The molecule has 1 aromatic heterocycles. The number of carbonyl (C=O) groups is 1. The van der Waals surface area contributed by atoms with Gasteiger partial charge in [-0.1, -0.05) is 12.0 Å². The van der Waals surface area contributed by atoms with Gasteiger partial charge in [0.05, 0.1) is 30.6 Å². The number of alkyl halides is 3. The first-order valence-corrected chi connectivity index (χ1v) is 8.84. The lowest BCUT2D eigenvalue weighted by molar-refractivity contribution is -0.140. The van der Waals surface area contributed by atoms with Crippen LogP contribution in [0.5, 0.6) is 5.75 Å². The molecule has 0 fully saturated rings. The molecule has 0 aliphatic carbocycles. The maximum atomic E-state index is 13.1. The van der Waals surface area contributed by atoms with Crippen LogP contribution >= 0.6 is 0 Å². The number of fused-ring (bicyclic) bond motifs is 1. The van der Waals surface area contributed by atoms with Gasteiger partial charge in [-0.05, 0) is 42.3 Å². The summed E-state index contributed by atoms with van der Waals surface area (Å²) in [5, 5.41) is 3.52. The number of nitrogen functional groups attached to an aromatic ring is 1. The lowest BCUT2D eigenvalue weighted by Gasteiger charge is -2.11. The molecule has 0 radical (unpaired) electrons. The van der Waals surface area contributed by atoms with Crippen LogP contribution in [-0.2, 0) is 6.54 Å². The molecule has 3 rings (SSSR count). The SMILES string of the molecule is COc1cc(C(N)=O)ccc1NCC#Cc1cc2c(N)cccc2n1CC(F)(F)F. The molecule has 0 atom stereocenters. The molecular weight excluding hydrogens is 397 g/mol. The number of nitrogens with two attached hydrogens (primary N) is 2. The number of anilines is 2. The Morgan fingerprint density at radius 3 is 2.67 bits per heavy atom. The van der Waals surface area contributed by atoms with Crippen LogP contribution < -0.4 is 21.5 Å². The van der Waals surface area contributed by atoms with Crippen LogP contribution in [0.2, 0.25) is 0 Å². The van der Waals surface area contributed by atoms with Crippen LogP contribution in [0, 0.1) is 11.8 Å². The minimum atomic E-state index is -4.40. The third kappa shape index (κ3) is 4.60. The topological polar surface area (TPSA) is 95.3 Å². The Morgan fingerprint density at radius 1 is 1.23 bits per heavy atom. The molecule has 6 nitrogen and oxygen atoms in total. The number of rotatable bonds is 5. The van der Waals surface area contributed by atoms with Crippen LogP contribution in [0.15, 0.2) is 42.5 Å². The average Bonchev–Trinajstić information content (AvgIpc) is 3.02. The molecule has 1 heterocycles. The first-order chi connectivity index (χ1) is 14.2. The van der Waals surface area contributed by atoms with Crippen molar-refractivity contribution < 1.29 is 22.7 Å². The predicted octanol–water partition coefficient (Wildman–Crippen LogP) is 3.36. The van der Waals surface area contributed by atoms with Crippen LogP contribution in [0.4, 0.5) is 24.5 Å². The number of halogens is 3. The molecule has 0 unspecified atom stereocenters. The van der Waals surface area contributed by atoms with E-state index in [1.807, 2.05) is 0 Å². The van der Waals surface area contributed by atoms with Crippen LogP contribution in [-0.4, -0.2) is 30.3 Å².